The molecule has 19 heavy (non-hydrogen) atoms. The van der Waals surface area contributed by atoms with Crippen LogP contribution < -0.4 is 5.32 Å². The van der Waals surface area contributed by atoms with Gasteiger partial charge in [-0.15, -0.1) is 0 Å². The molecule has 0 spiro atoms. The smallest absolute Gasteiger partial charge is 0.239 e. The molecule has 1 saturated carbocycles. The van der Waals surface area contributed by atoms with Crippen molar-refractivity contribution in [2.24, 2.45) is 5.92 Å². The summed E-state index contributed by atoms with van der Waals surface area (Å²) in [5.41, 5.74) is 0. The van der Waals surface area contributed by atoms with Crippen LogP contribution in [0.25, 0.3) is 0 Å². The van der Waals surface area contributed by atoms with Gasteiger partial charge in [-0.2, -0.15) is 0 Å². The van der Waals surface area contributed by atoms with Gasteiger partial charge in [0.05, 0.1) is 6.04 Å². The summed E-state index contributed by atoms with van der Waals surface area (Å²) in [5, 5.41) is 3.55. The van der Waals surface area contributed by atoms with Crippen molar-refractivity contribution >= 4 is 5.91 Å². The van der Waals surface area contributed by atoms with Crippen LogP contribution in [0.1, 0.15) is 65.2 Å². The molecule has 1 aliphatic heterocycles. The summed E-state index contributed by atoms with van der Waals surface area (Å²) >= 11 is 0. The summed E-state index contributed by atoms with van der Waals surface area (Å²) < 4.78 is 0. The zero-order chi connectivity index (χ0) is 13.7. The molecule has 1 heterocycles. The average molecular weight is 266 g/mol. The van der Waals surface area contributed by atoms with Gasteiger partial charge in [0.15, 0.2) is 0 Å². The van der Waals surface area contributed by atoms with Gasteiger partial charge in [-0.05, 0) is 45.4 Å². The Balaban J connectivity index is 1.80. The highest BCUT2D eigenvalue weighted by molar-refractivity contribution is 5.81. The molecule has 1 saturated heterocycles. The highest BCUT2D eigenvalue weighted by atomic mass is 16.2. The Labute approximate surface area is 118 Å². The first kappa shape index (κ1) is 14.8. The number of hydrogen-bond acceptors (Lipinski definition) is 2. The second-order valence-electron chi connectivity index (χ2n) is 6.46. The molecular formula is C16H30N2O. The summed E-state index contributed by atoms with van der Waals surface area (Å²) in [6.07, 6.45) is 10.3. The van der Waals surface area contributed by atoms with Crippen molar-refractivity contribution in [2.75, 3.05) is 13.1 Å². The van der Waals surface area contributed by atoms with Crippen LogP contribution in [0.5, 0.6) is 0 Å². The van der Waals surface area contributed by atoms with E-state index in [4.69, 9.17) is 0 Å². The first-order valence-corrected chi connectivity index (χ1v) is 8.23. The van der Waals surface area contributed by atoms with E-state index < -0.39 is 0 Å². The molecular weight excluding hydrogens is 236 g/mol. The number of rotatable bonds is 4. The fourth-order valence-electron chi connectivity index (χ4n) is 3.62. The Morgan fingerprint density at radius 2 is 1.58 bits per heavy atom. The highest BCUT2D eigenvalue weighted by Gasteiger charge is 2.26. The molecule has 2 rings (SSSR count). The van der Waals surface area contributed by atoms with Crippen molar-refractivity contribution in [1.82, 2.24) is 10.2 Å². The number of carbonyl (C=O) groups is 1. The number of likely N-dealkylation sites (tertiary alicyclic amines) is 1. The molecule has 1 amide bonds. The quantitative estimate of drug-likeness (QED) is 0.848. The summed E-state index contributed by atoms with van der Waals surface area (Å²) in [6, 6.07) is 0.460. The maximum atomic E-state index is 12.5. The van der Waals surface area contributed by atoms with Crippen molar-refractivity contribution in [3.63, 3.8) is 0 Å². The van der Waals surface area contributed by atoms with E-state index in [2.05, 4.69) is 17.1 Å². The number of amides is 1. The molecule has 2 fully saturated rings. The SMILES string of the molecule is CC(NC(C)C1CCCC1)C(=O)N1CCCCCC1. The largest absolute Gasteiger partial charge is 0.341 e. The fraction of sp³-hybridized carbons (Fsp3) is 0.938. The maximum Gasteiger partial charge on any atom is 0.239 e. The van der Waals surface area contributed by atoms with E-state index in [1.165, 1.54) is 51.4 Å². The average Bonchev–Trinajstić information content (AvgIpc) is 2.81. The van der Waals surface area contributed by atoms with Crippen molar-refractivity contribution in [3.05, 3.63) is 0 Å². The van der Waals surface area contributed by atoms with Crippen molar-refractivity contribution < 1.29 is 4.79 Å². The second-order valence-corrected chi connectivity index (χ2v) is 6.46. The summed E-state index contributed by atoms with van der Waals surface area (Å²) in [6.45, 7) is 6.21. The number of hydrogen-bond donors (Lipinski definition) is 1. The summed E-state index contributed by atoms with van der Waals surface area (Å²) in [4.78, 5) is 14.5. The second kappa shape index (κ2) is 7.28. The van der Waals surface area contributed by atoms with Gasteiger partial charge in [0.2, 0.25) is 5.91 Å². The van der Waals surface area contributed by atoms with Gasteiger partial charge in [0.1, 0.15) is 0 Å². The molecule has 1 aliphatic carbocycles. The molecule has 2 aliphatic rings. The number of nitrogens with zero attached hydrogens (tertiary/aromatic N) is 1. The monoisotopic (exact) mass is 266 g/mol. The van der Waals surface area contributed by atoms with E-state index in [0.717, 1.165) is 19.0 Å². The van der Waals surface area contributed by atoms with Crippen LogP contribution in [0.2, 0.25) is 0 Å². The van der Waals surface area contributed by atoms with Crippen molar-refractivity contribution in [1.29, 1.82) is 0 Å². The molecule has 3 heteroatoms. The van der Waals surface area contributed by atoms with Crippen molar-refractivity contribution in [3.8, 4) is 0 Å². The van der Waals surface area contributed by atoms with Crippen LogP contribution in [0.3, 0.4) is 0 Å². The lowest BCUT2D eigenvalue weighted by molar-refractivity contribution is -0.133. The molecule has 0 bridgehead atoms. The van der Waals surface area contributed by atoms with Gasteiger partial charge in [0.25, 0.3) is 0 Å². The molecule has 0 aromatic heterocycles. The zero-order valence-electron chi connectivity index (χ0n) is 12.7. The van der Waals surface area contributed by atoms with E-state index in [1.54, 1.807) is 0 Å². The molecule has 2 unspecified atom stereocenters. The van der Waals surface area contributed by atoms with Gasteiger partial charge in [-0.25, -0.2) is 0 Å². The van der Waals surface area contributed by atoms with Gasteiger partial charge in [-0.1, -0.05) is 25.7 Å². The van der Waals surface area contributed by atoms with E-state index >= 15 is 0 Å². The minimum atomic E-state index is -0.0197. The predicted octanol–water partition coefficient (Wildman–Crippen LogP) is 2.95. The molecule has 110 valence electrons. The normalized spacial score (nSPS) is 25.1. The lowest BCUT2D eigenvalue weighted by Gasteiger charge is -2.28. The minimum absolute atomic E-state index is 0.0197. The molecule has 0 radical (unpaired) electrons. The lowest BCUT2D eigenvalue weighted by Crippen LogP contribution is -2.49. The summed E-state index contributed by atoms with van der Waals surface area (Å²) in [7, 11) is 0. The van der Waals surface area contributed by atoms with Crippen LogP contribution in [0, 0.1) is 5.92 Å². The third kappa shape index (κ3) is 4.20. The van der Waals surface area contributed by atoms with Gasteiger partial charge < -0.3 is 10.2 Å². The van der Waals surface area contributed by atoms with Crippen LogP contribution in [0.15, 0.2) is 0 Å². The van der Waals surface area contributed by atoms with Crippen LogP contribution in [-0.4, -0.2) is 36.0 Å². The van der Waals surface area contributed by atoms with Gasteiger partial charge in [0, 0.05) is 19.1 Å². The topological polar surface area (TPSA) is 32.3 Å². The molecule has 0 aromatic rings. The standard InChI is InChI=1S/C16H30N2O/c1-13(15-9-5-6-10-15)17-14(2)16(19)18-11-7-3-4-8-12-18/h13-15,17H,3-12H2,1-2H3. The Morgan fingerprint density at radius 1 is 1.00 bits per heavy atom. The van der Waals surface area contributed by atoms with E-state index in [1.807, 2.05) is 6.92 Å². The van der Waals surface area contributed by atoms with Gasteiger partial charge in [-0.3, -0.25) is 4.79 Å². The summed E-state index contributed by atoms with van der Waals surface area (Å²) in [5.74, 6) is 1.09. The Morgan fingerprint density at radius 3 is 2.16 bits per heavy atom. The van der Waals surface area contributed by atoms with E-state index in [9.17, 15) is 4.79 Å². The third-order valence-electron chi connectivity index (χ3n) is 4.91. The van der Waals surface area contributed by atoms with Crippen LogP contribution in [-0.2, 0) is 4.79 Å². The molecule has 1 N–H and O–H groups in total. The molecule has 0 aromatic carbocycles. The lowest BCUT2D eigenvalue weighted by atomic mass is 9.99. The Bertz CT molecular complexity index is 278. The maximum absolute atomic E-state index is 12.5. The van der Waals surface area contributed by atoms with Gasteiger partial charge >= 0.3 is 0 Å². The third-order valence-corrected chi connectivity index (χ3v) is 4.91. The number of carbonyl (C=O) groups excluding carboxylic acids is 1. The minimum Gasteiger partial charge on any atom is -0.341 e. The van der Waals surface area contributed by atoms with Crippen LogP contribution >= 0.6 is 0 Å². The Hall–Kier alpha value is -0.570. The van der Waals surface area contributed by atoms with Crippen LogP contribution in [0.4, 0.5) is 0 Å². The molecule has 2 atom stereocenters. The molecule has 3 nitrogen and oxygen atoms in total. The Kier molecular flexibility index (Phi) is 5.68. The van der Waals surface area contributed by atoms with E-state index in [0.29, 0.717) is 11.9 Å². The first-order valence-electron chi connectivity index (χ1n) is 8.23. The van der Waals surface area contributed by atoms with Crippen molar-refractivity contribution in [2.45, 2.75) is 77.3 Å². The fourth-order valence-corrected chi connectivity index (χ4v) is 3.62. The first-order chi connectivity index (χ1) is 9.18. The highest BCUT2D eigenvalue weighted by Crippen LogP contribution is 2.27. The zero-order valence-corrected chi connectivity index (χ0v) is 12.7. The number of nitrogens with one attached hydrogen (secondary N) is 1. The predicted molar refractivity (Wildman–Crippen MR) is 79.1 cm³/mol. The van der Waals surface area contributed by atoms with E-state index in [-0.39, 0.29) is 6.04 Å².